The molecule has 0 fully saturated rings. The van der Waals surface area contributed by atoms with E-state index >= 15 is 0 Å². The molecule has 1 N–H and O–H groups in total. The van der Waals surface area contributed by atoms with Gasteiger partial charge in [-0.15, -0.1) is 0 Å². The molecule has 76 valence electrons. The highest BCUT2D eigenvalue weighted by molar-refractivity contribution is 6.00. The van der Waals surface area contributed by atoms with Crippen LogP contribution in [0, 0.1) is 0 Å². The Kier molecular flexibility index (Phi) is 3.05. The van der Waals surface area contributed by atoms with E-state index < -0.39 is 17.5 Å². The van der Waals surface area contributed by atoms with Gasteiger partial charge in [0.1, 0.15) is 5.97 Å². The fraction of sp³-hybridized carbons (Fsp3) is 0.750. The minimum absolute atomic E-state index is 0.00579. The summed E-state index contributed by atoms with van der Waals surface area (Å²) < 4.78 is -0.193. The average Bonchev–Trinajstić information content (AvgIpc) is 1.83. The molecule has 0 saturated carbocycles. The van der Waals surface area contributed by atoms with E-state index in [1.165, 1.54) is 28.1 Å². The molecule has 0 heterocycles. The molecule has 1 unspecified atom stereocenters. The Morgan fingerprint density at radius 1 is 1.38 bits per heavy atom. The van der Waals surface area contributed by atoms with Crippen molar-refractivity contribution in [1.29, 1.82) is 0 Å². The number of aliphatic carboxylic acids is 2. The molecule has 1 atom stereocenters. The van der Waals surface area contributed by atoms with E-state index in [2.05, 4.69) is 0 Å². The first kappa shape index (κ1) is 11.9. The summed E-state index contributed by atoms with van der Waals surface area (Å²) in [6.45, 7) is 1.52. The fourth-order valence-corrected chi connectivity index (χ4v) is 1.42. The van der Waals surface area contributed by atoms with Crippen molar-refractivity contribution >= 4 is 11.9 Å². The van der Waals surface area contributed by atoms with Crippen LogP contribution in [0.15, 0.2) is 0 Å². The number of hydrogen-bond donors (Lipinski definition) is 1. The topological polar surface area (TPSA) is 77.4 Å². The second kappa shape index (κ2) is 3.33. The lowest BCUT2D eigenvalue weighted by Gasteiger charge is -2.42. The summed E-state index contributed by atoms with van der Waals surface area (Å²) >= 11 is 0. The zero-order valence-corrected chi connectivity index (χ0v) is 8.33. The molecule has 0 aliphatic heterocycles. The minimum Gasteiger partial charge on any atom is -0.543 e. The monoisotopic (exact) mass is 189 g/mol. The molecule has 5 nitrogen and oxygen atoms in total. The molecule has 0 aliphatic rings. The van der Waals surface area contributed by atoms with Crippen molar-refractivity contribution in [2.24, 2.45) is 0 Å². The molecular weight excluding hydrogens is 174 g/mol. The Morgan fingerprint density at radius 2 is 1.77 bits per heavy atom. The number of rotatable bonds is 4. The van der Waals surface area contributed by atoms with Crippen LogP contribution in [0.4, 0.5) is 0 Å². The van der Waals surface area contributed by atoms with E-state index in [0.29, 0.717) is 0 Å². The van der Waals surface area contributed by atoms with Crippen LogP contribution in [0.5, 0.6) is 0 Å². The second-order valence-electron chi connectivity index (χ2n) is 3.82. The van der Waals surface area contributed by atoms with Crippen LogP contribution in [0.1, 0.15) is 13.3 Å². The number of hydrogen-bond acceptors (Lipinski definition) is 3. The molecule has 0 aliphatic carbocycles. The maximum absolute atomic E-state index is 10.9. The molecule has 0 aromatic heterocycles. The van der Waals surface area contributed by atoms with Crippen LogP contribution in [0.25, 0.3) is 0 Å². The summed E-state index contributed by atoms with van der Waals surface area (Å²) in [5.41, 5.74) is -1.86. The molecule has 0 aromatic carbocycles. The van der Waals surface area contributed by atoms with E-state index in [4.69, 9.17) is 5.11 Å². The van der Waals surface area contributed by atoms with Gasteiger partial charge in [0.15, 0.2) is 0 Å². The smallest absolute Gasteiger partial charge is 0.372 e. The van der Waals surface area contributed by atoms with Gasteiger partial charge in [0, 0.05) is 6.42 Å². The van der Waals surface area contributed by atoms with Crippen molar-refractivity contribution in [1.82, 2.24) is 0 Å². The predicted molar refractivity (Wildman–Crippen MR) is 43.7 cm³/mol. The Morgan fingerprint density at radius 3 is 1.77 bits per heavy atom. The van der Waals surface area contributed by atoms with Crippen LogP contribution >= 0.6 is 0 Å². The number of likely N-dealkylation sites (N-methyl/N-ethyl adjacent to an activating group) is 1. The second-order valence-corrected chi connectivity index (χ2v) is 3.82. The standard InChI is InChI=1S/C8H15NO4/c1-5-8(6(10)11,7(12)13)9(2,3)4/h5H2,1-4H3,(H-,10,11,12,13). The van der Waals surface area contributed by atoms with Gasteiger partial charge in [0.25, 0.3) is 0 Å². The van der Waals surface area contributed by atoms with E-state index in [-0.39, 0.29) is 10.9 Å². The maximum atomic E-state index is 10.9. The summed E-state index contributed by atoms with van der Waals surface area (Å²) in [6, 6.07) is 0. The number of carboxylic acid groups (broad SMARTS) is 2. The molecule has 0 bridgehead atoms. The first-order chi connectivity index (χ1) is 5.70. The largest absolute Gasteiger partial charge is 0.543 e. The minimum atomic E-state index is -1.86. The molecule has 0 saturated heterocycles. The quantitative estimate of drug-likeness (QED) is 0.439. The Labute approximate surface area is 77.2 Å². The summed E-state index contributed by atoms with van der Waals surface area (Å²) in [6.07, 6.45) is -0.00579. The number of carboxylic acids is 2. The van der Waals surface area contributed by atoms with E-state index in [9.17, 15) is 14.7 Å². The number of nitrogens with zero attached hydrogens (tertiary/aromatic N) is 1. The van der Waals surface area contributed by atoms with Crippen LogP contribution in [0.2, 0.25) is 0 Å². The van der Waals surface area contributed by atoms with Gasteiger partial charge in [-0.2, -0.15) is 0 Å². The van der Waals surface area contributed by atoms with Gasteiger partial charge in [0.2, 0.25) is 5.54 Å². The Balaban J connectivity index is 5.38. The van der Waals surface area contributed by atoms with Crippen molar-refractivity contribution in [3.63, 3.8) is 0 Å². The zero-order chi connectivity index (χ0) is 10.9. The average molecular weight is 189 g/mol. The molecule has 0 amide bonds. The van der Waals surface area contributed by atoms with E-state index in [0.717, 1.165) is 0 Å². The fourth-order valence-electron chi connectivity index (χ4n) is 1.42. The van der Waals surface area contributed by atoms with Gasteiger partial charge >= 0.3 is 5.97 Å². The van der Waals surface area contributed by atoms with Crippen molar-refractivity contribution in [2.45, 2.75) is 18.9 Å². The Bertz CT molecular complexity index is 215. The highest BCUT2D eigenvalue weighted by Gasteiger charge is 2.50. The van der Waals surface area contributed by atoms with Gasteiger partial charge < -0.3 is 19.5 Å². The van der Waals surface area contributed by atoms with E-state index in [1.807, 2.05) is 0 Å². The van der Waals surface area contributed by atoms with Crippen molar-refractivity contribution in [3.8, 4) is 0 Å². The third kappa shape index (κ3) is 1.65. The first-order valence-corrected chi connectivity index (χ1v) is 3.96. The molecule has 0 spiro atoms. The molecule has 0 aromatic rings. The number of quaternary nitrogens is 1. The van der Waals surface area contributed by atoms with Crippen LogP contribution < -0.4 is 5.11 Å². The lowest BCUT2D eigenvalue weighted by atomic mass is 9.93. The lowest BCUT2D eigenvalue weighted by molar-refractivity contribution is -0.906. The number of carbonyl (C=O) groups is 2. The van der Waals surface area contributed by atoms with Gasteiger partial charge in [-0.3, -0.25) is 0 Å². The van der Waals surface area contributed by atoms with E-state index in [1.54, 1.807) is 0 Å². The van der Waals surface area contributed by atoms with Gasteiger partial charge in [-0.25, -0.2) is 4.79 Å². The van der Waals surface area contributed by atoms with Crippen LogP contribution in [-0.4, -0.2) is 48.2 Å². The molecule has 13 heavy (non-hydrogen) atoms. The maximum Gasteiger partial charge on any atom is 0.372 e. The zero-order valence-electron chi connectivity index (χ0n) is 8.33. The summed E-state index contributed by atoms with van der Waals surface area (Å²) in [4.78, 5) is 21.7. The lowest BCUT2D eigenvalue weighted by Crippen LogP contribution is -2.70. The highest BCUT2D eigenvalue weighted by atomic mass is 16.4. The van der Waals surface area contributed by atoms with Crippen molar-refractivity contribution in [2.75, 3.05) is 21.1 Å². The van der Waals surface area contributed by atoms with Gasteiger partial charge in [0.05, 0.1) is 21.1 Å². The molecule has 0 radical (unpaired) electrons. The summed E-state index contributed by atoms with van der Waals surface area (Å²) in [5.74, 6) is -2.91. The van der Waals surface area contributed by atoms with Crippen LogP contribution in [0.3, 0.4) is 0 Å². The van der Waals surface area contributed by atoms with Gasteiger partial charge in [-0.05, 0) is 0 Å². The van der Waals surface area contributed by atoms with Crippen molar-refractivity contribution in [3.05, 3.63) is 0 Å². The highest BCUT2D eigenvalue weighted by Crippen LogP contribution is 2.22. The van der Waals surface area contributed by atoms with Crippen molar-refractivity contribution < 1.29 is 24.3 Å². The molecule has 0 rings (SSSR count). The third-order valence-corrected chi connectivity index (χ3v) is 2.35. The first-order valence-electron chi connectivity index (χ1n) is 3.96. The predicted octanol–water partition coefficient (Wildman–Crippen LogP) is -1.32. The summed E-state index contributed by atoms with van der Waals surface area (Å²) in [5, 5.41) is 19.7. The molecular formula is C8H15NO4. The normalized spacial score (nSPS) is 16.3. The SMILES string of the molecule is CCC(C(=O)[O-])(C(=O)O)[N+](C)(C)C. The van der Waals surface area contributed by atoms with Gasteiger partial charge in [-0.1, -0.05) is 6.92 Å². The Hall–Kier alpha value is -1.10. The summed E-state index contributed by atoms with van der Waals surface area (Å²) in [7, 11) is 4.56. The third-order valence-electron chi connectivity index (χ3n) is 2.35. The number of carbonyl (C=O) groups excluding carboxylic acids is 1. The van der Waals surface area contributed by atoms with Crippen LogP contribution in [-0.2, 0) is 9.59 Å². The molecule has 5 heteroatoms.